The molecular formula is C21H27N5O4. The number of amides is 2. The molecule has 9 nitrogen and oxygen atoms in total. The first-order valence-electron chi connectivity index (χ1n) is 9.69. The molecule has 0 radical (unpaired) electrons. The van der Waals surface area contributed by atoms with Crippen LogP contribution in [0, 0.1) is 0 Å². The standard InChI is InChI=1S/C21H27N5O4/c1-25-6-8-26(9-7-25)19-5-4-16(13-22-19)24-20(27)14-23-21(28)15-10-17(29-2)12-18(11-15)30-3/h4-5,10-13H,6-9,14H2,1-3H3,(H,23,28)(H,24,27). The fraction of sp³-hybridized carbons (Fsp3) is 0.381. The van der Waals surface area contributed by atoms with E-state index in [9.17, 15) is 9.59 Å². The molecular weight excluding hydrogens is 386 g/mol. The number of aromatic nitrogens is 1. The van der Waals surface area contributed by atoms with Crippen molar-refractivity contribution in [2.45, 2.75) is 0 Å². The lowest BCUT2D eigenvalue weighted by atomic mass is 10.2. The van der Waals surface area contributed by atoms with Gasteiger partial charge in [0.05, 0.1) is 32.6 Å². The van der Waals surface area contributed by atoms with Crippen LogP contribution in [0.5, 0.6) is 11.5 Å². The van der Waals surface area contributed by atoms with Gasteiger partial charge in [-0.1, -0.05) is 0 Å². The Hall–Kier alpha value is -3.33. The van der Waals surface area contributed by atoms with Crippen LogP contribution < -0.4 is 25.0 Å². The highest BCUT2D eigenvalue weighted by atomic mass is 16.5. The Morgan fingerprint density at radius 3 is 2.27 bits per heavy atom. The van der Waals surface area contributed by atoms with Gasteiger partial charge in [-0.2, -0.15) is 0 Å². The zero-order valence-electron chi connectivity index (χ0n) is 17.5. The minimum absolute atomic E-state index is 0.168. The van der Waals surface area contributed by atoms with E-state index in [1.54, 1.807) is 24.4 Å². The van der Waals surface area contributed by atoms with E-state index in [0.717, 1.165) is 32.0 Å². The second-order valence-electron chi connectivity index (χ2n) is 7.03. The van der Waals surface area contributed by atoms with E-state index >= 15 is 0 Å². The van der Waals surface area contributed by atoms with Gasteiger partial charge in [-0.05, 0) is 31.3 Å². The zero-order valence-corrected chi connectivity index (χ0v) is 17.5. The number of methoxy groups -OCH3 is 2. The van der Waals surface area contributed by atoms with E-state index in [-0.39, 0.29) is 12.5 Å². The molecule has 0 atom stereocenters. The molecule has 30 heavy (non-hydrogen) atoms. The summed E-state index contributed by atoms with van der Waals surface area (Å²) in [5.74, 6) is 1.14. The van der Waals surface area contributed by atoms with E-state index in [4.69, 9.17) is 9.47 Å². The third kappa shape index (κ3) is 5.60. The molecule has 2 aromatic rings. The molecule has 1 saturated heterocycles. The molecule has 2 N–H and O–H groups in total. The van der Waals surface area contributed by atoms with E-state index in [1.807, 2.05) is 12.1 Å². The third-order valence-electron chi connectivity index (χ3n) is 4.88. The maximum atomic E-state index is 12.4. The molecule has 1 fully saturated rings. The number of hydrogen-bond acceptors (Lipinski definition) is 7. The molecule has 0 saturated carbocycles. The minimum atomic E-state index is -0.397. The molecule has 0 spiro atoms. The number of pyridine rings is 1. The number of nitrogens with one attached hydrogen (secondary N) is 2. The van der Waals surface area contributed by atoms with Crippen molar-refractivity contribution in [3.05, 3.63) is 42.1 Å². The van der Waals surface area contributed by atoms with Gasteiger partial charge in [-0.25, -0.2) is 4.98 Å². The van der Waals surface area contributed by atoms with Crippen LogP contribution in [0.2, 0.25) is 0 Å². The normalized spacial score (nSPS) is 14.2. The van der Waals surface area contributed by atoms with Crippen molar-refractivity contribution >= 4 is 23.3 Å². The van der Waals surface area contributed by atoms with Gasteiger partial charge in [0.1, 0.15) is 17.3 Å². The van der Waals surface area contributed by atoms with Gasteiger partial charge in [0.15, 0.2) is 0 Å². The molecule has 1 aromatic carbocycles. The summed E-state index contributed by atoms with van der Waals surface area (Å²) in [7, 11) is 5.12. The van der Waals surface area contributed by atoms with E-state index < -0.39 is 5.91 Å². The number of benzene rings is 1. The number of ether oxygens (including phenoxy) is 2. The smallest absolute Gasteiger partial charge is 0.251 e. The van der Waals surface area contributed by atoms with Crippen molar-refractivity contribution in [2.75, 3.05) is 64.2 Å². The van der Waals surface area contributed by atoms with Crippen molar-refractivity contribution in [2.24, 2.45) is 0 Å². The van der Waals surface area contributed by atoms with Crippen LogP contribution in [-0.2, 0) is 4.79 Å². The number of hydrogen-bond donors (Lipinski definition) is 2. The summed E-state index contributed by atoms with van der Waals surface area (Å²) >= 11 is 0. The van der Waals surface area contributed by atoms with Gasteiger partial charge < -0.3 is 29.9 Å². The maximum absolute atomic E-state index is 12.4. The van der Waals surface area contributed by atoms with Gasteiger partial charge in [0.25, 0.3) is 5.91 Å². The Morgan fingerprint density at radius 1 is 1.03 bits per heavy atom. The molecule has 0 bridgehead atoms. The Morgan fingerprint density at radius 2 is 1.70 bits per heavy atom. The van der Waals surface area contributed by atoms with E-state index in [0.29, 0.717) is 22.7 Å². The predicted molar refractivity (Wildman–Crippen MR) is 114 cm³/mol. The van der Waals surface area contributed by atoms with Gasteiger partial charge in [-0.3, -0.25) is 9.59 Å². The summed E-state index contributed by atoms with van der Waals surface area (Å²) in [5.41, 5.74) is 0.923. The van der Waals surface area contributed by atoms with Crippen LogP contribution in [-0.4, -0.2) is 75.7 Å². The van der Waals surface area contributed by atoms with Crippen molar-refractivity contribution in [3.8, 4) is 11.5 Å². The highest BCUT2D eigenvalue weighted by Gasteiger charge is 2.15. The number of anilines is 2. The maximum Gasteiger partial charge on any atom is 0.251 e. The molecule has 1 aromatic heterocycles. The summed E-state index contributed by atoms with van der Waals surface area (Å²) in [6.07, 6.45) is 1.63. The average Bonchev–Trinajstić information content (AvgIpc) is 2.78. The summed E-state index contributed by atoms with van der Waals surface area (Å²) in [6, 6.07) is 8.53. The monoisotopic (exact) mass is 413 g/mol. The minimum Gasteiger partial charge on any atom is -0.497 e. The number of carbonyl (C=O) groups is 2. The lowest BCUT2D eigenvalue weighted by molar-refractivity contribution is -0.115. The SMILES string of the molecule is COc1cc(OC)cc(C(=O)NCC(=O)Nc2ccc(N3CCN(C)CC3)nc2)c1. The first kappa shape index (κ1) is 21.4. The number of nitrogens with zero attached hydrogens (tertiary/aromatic N) is 3. The van der Waals surface area contributed by atoms with Crippen molar-refractivity contribution in [1.82, 2.24) is 15.2 Å². The fourth-order valence-corrected chi connectivity index (χ4v) is 3.09. The molecule has 2 amide bonds. The van der Waals surface area contributed by atoms with Crippen molar-refractivity contribution in [3.63, 3.8) is 0 Å². The lowest BCUT2D eigenvalue weighted by Crippen LogP contribution is -2.44. The first-order chi connectivity index (χ1) is 14.5. The van der Waals surface area contributed by atoms with Gasteiger partial charge in [0, 0.05) is 37.8 Å². The van der Waals surface area contributed by atoms with Crippen LogP contribution in [0.3, 0.4) is 0 Å². The van der Waals surface area contributed by atoms with Crippen LogP contribution in [0.4, 0.5) is 11.5 Å². The lowest BCUT2D eigenvalue weighted by Gasteiger charge is -2.33. The quantitative estimate of drug-likeness (QED) is 0.705. The van der Waals surface area contributed by atoms with Crippen molar-refractivity contribution in [1.29, 1.82) is 0 Å². The Bertz CT molecular complexity index is 857. The largest absolute Gasteiger partial charge is 0.497 e. The number of carbonyl (C=O) groups excluding carboxylic acids is 2. The Labute approximate surface area is 176 Å². The van der Waals surface area contributed by atoms with Crippen LogP contribution >= 0.6 is 0 Å². The van der Waals surface area contributed by atoms with E-state index in [1.165, 1.54) is 14.2 Å². The van der Waals surface area contributed by atoms with Gasteiger partial charge in [-0.15, -0.1) is 0 Å². The third-order valence-corrected chi connectivity index (χ3v) is 4.88. The molecule has 1 aliphatic rings. The second kappa shape index (κ2) is 9.93. The number of rotatable bonds is 7. The number of likely N-dealkylation sites (N-methyl/N-ethyl adjacent to an activating group) is 1. The summed E-state index contributed by atoms with van der Waals surface area (Å²) < 4.78 is 10.3. The number of piperazine rings is 1. The topological polar surface area (TPSA) is 96.0 Å². The first-order valence-corrected chi connectivity index (χ1v) is 9.69. The second-order valence-corrected chi connectivity index (χ2v) is 7.03. The van der Waals surface area contributed by atoms with Gasteiger partial charge in [0.2, 0.25) is 5.91 Å². The Kier molecular flexibility index (Phi) is 7.08. The van der Waals surface area contributed by atoms with Gasteiger partial charge >= 0.3 is 0 Å². The summed E-state index contributed by atoms with van der Waals surface area (Å²) in [4.78, 5) is 33.5. The van der Waals surface area contributed by atoms with Crippen LogP contribution in [0.25, 0.3) is 0 Å². The molecule has 1 aliphatic heterocycles. The highest BCUT2D eigenvalue weighted by Crippen LogP contribution is 2.22. The Balaban J connectivity index is 1.51. The average molecular weight is 413 g/mol. The predicted octanol–water partition coefficient (Wildman–Crippen LogP) is 1.22. The molecule has 3 rings (SSSR count). The fourth-order valence-electron chi connectivity index (χ4n) is 3.09. The van der Waals surface area contributed by atoms with Crippen LogP contribution in [0.1, 0.15) is 10.4 Å². The van der Waals surface area contributed by atoms with Crippen LogP contribution in [0.15, 0.2) is 36.5 Å². The molecule has 9 heteroatoms. The summed E-state index contributed by atoms with van der Waals surface area (Å²) in [6.45, 7) is 3.68. The zero-order chi connectivity index (χ0) is 21.5. The molecule has 2 heterocycles. The molecule has 0 aliphatic carbocycles. The summed E-state index contributed by atoms with van der Waals surface area (Å²) in [5, 5.41) is 5.33. The highest BCUT2D eigenvalue weighted by molar-refractivity contribution is 5.99. The van der Waals surface area contributed by atoms with Crippen molar-refractivity contribution < 1.29 is 19.1 Å². The molecule has 0 unspecified atom stereocenters. The molecule has 160 valence electrons. The van der Waals surface area contributed by atoms with E-state index in [2.05, 4.69) is 32.5 Å².